The van der Waals surface area contributed by atoms with Crippen LogP contribution in [0, 0.1) is 5.82 Å². The maximum Gasteiger partial charge on any atom is 0.261 e. The molecule has 0 saturated heterocycles. The van der Waals surface area contributed by atoms with Crippen molar-refractivity contribution >= 4 is 17.2 Å². The molecule has 2 N–H and O–H groups in total. The number of rotatable bonds is 7. The van der Waals surface area contributed by atoms with E-state index >= 15 is 0 Å². The van der Waals surface area contributed by atoms with E-state index in [1.807, 2.05) is 18.4 Å². The number of aliphatic hydroxyl groups excluding tert-OH is 1. The number of benzene rings is 1. The molecule has 4 nitrogen and oxygen atoms in total. The van der Waals surface area contributed by atoms with E-state index in [2.05, 4.69) is 5.32 Å². The average molecular weight is 337 g/mol. The van der Waals surface area contributed by atoms with Gasteiger partial charge in [-0.25, -0.2) is 4.39 Å². The van der Waals surface area contributed by atoms with E-state index in [9.17, 15) is 14.3 Å². The number of carbonyl (C=O) groups is 1. The molecule has 0 bridgehead atoms. The molecule has 2 atom stereocenters. The van der Waals surface area contributed by atoms with Gasteiger partial charge in [0.15, 0.2) is 0 Å². The summed E-state index contributed by atoms with van der Waals surface area (Å²) < 4.78 is 18.0. The van der Waals surface area contributed by atoms with Crippen molar-refractivity contribution in [3.05, 3.63) is 57.5 Å². The zero-order valence-electron chi connectivity index (χ0n) is 13.1. The summed E-state index contributed by atoms with van der Waals surface area (Å²) in [6, 6.07) is 7.35. The van der Waals surface area contributed by atoms with Gasteiger partial charge in [0.05, 0.1) is 17.6 Å². The van der Waals surface area contributed by atoms with Crippen LogP contribution in [0.5, 0.6) is 0 Å². The third-order valence-electron chi connectivity index (χ3n) is 3.46. The molecule has 124 valence electrons. The monoisotopic (exact) mass is 337 g/mol. The highest BCUT2D eigenvalue weighted by atomic mass is 32.1. The first kappa shape index (κ1) is 17.6. The molecule has 1 aromatic heterocycles. The molecule has 2 unspecified atom stereocenters. The number of amides is 1. The van der Waals surface area contributed by atoms with Crippen LogP contribution in [-0.4, -0.2) is 24.2 Å². The van der Waals surface area contributed by atoms with E-state index < -0.39 is 6.10 Å². The molecular formula is C17H20FNO3S. The highest BCUT2D eigenvalue weighted by molar-refractivity contribution is 7.12. The number of ether oxygens (including phenoxy) is 1. The summed E-state index contributed by atoms with van der Waals surface area (Å²) >= 11 is 1.36. The summed E-state index contributed by atoms with van der Waals surface area (Å²) in [5.41, 5.74) is 1.48. The molecule has 0 spiro atoms. The van der Waals surface area contributed by atoms with Crippen LogP contribution in [0.1, 0.15) is 40.2 Å². The number of hydrogen-bond donors (Lipinski definition) is 2. The molecule has 23 heavy (non-hydrogen) atoms. The number of thiophene rings is 1. The summed E-state index contributed by atoms with van der Waals surface area (Å²) in [5.74, 6) is -0.517. The third kappa shape index (κ3) is 4.86. The van der Waals surface area contributed by atoms with Gasteiger partial charge in [0.2, 0.25) is 0 Å². The number of hydrogen-bond acceptors (Lipinski definition) is 4. The van der Waals surface area contributed by atoms with Gasteiger partial charge in [-0.1, -0.05) is 12.1 Å². The Morgan fingerprint density at radius 3 is 2.70 bits per heavy atom. The van der Waals surface area contributed by atoms with Crippen LogP contribution in [-0.2, 0) is 11.3 Å². The average Bonchev–Trinajstić information content (AvgIpc) is 2.96. The van der Waals surface area contributed by atoms with Crippen LogP contribution in [0.4, 0.5) is 4.39 Å². The van der Waals surface area contributed by atoms with Crippen molar-refractivity contribution in [2.45, 2.75) is 32.1 Å². The van der Waals surface area contributed by atoms with Crippen molar-refractivity contribution in [2.75, 3.05) is 7.11 Å². The molecule has 2 rings (SSSR count). The second kappa shape index (κ2) is 8.19. The second-order valence-electron chi connectivity index (χ2n) is 5.39. The van der Waals surface area contributed by atoms with E-state index in [1.54, 1.807) is 19.2 Å². The van der Waals surface area contributed by atoms with Gasteiger partial charge in [0, 0.05) is 18.7 Å². The van der Waals surface area contributed by atoms with Gasteiger partial charge >= 0.3 is 0 Å². The molecule has 0 fully saturated rings. The Balaban J connectivity index is 1.93. The smallest absolute Gasteiger partial charge is 0.261 e. The van der Waals surface area contributed by atoms with Gasteiger partial charge in [0.1, 0.15) is 5.82 Å². The molecule has 0 saturated carbocycles. The lowest BCUT2D eigenvalue weighted by Crippen LogP contribution is -2.33. The number of methoxy groups -OCH3 is 1. The first-order valence-electron chi connectivity index (χ1n) is 7.31. The van der Waals surface area contributed by atoms with Gasteiger partial charge < -0.3 is 15.2 Å². The minimum atomic E-state index is -0.757. The first-order valence-corrected chi connectivity index (χ1v) is 8.19. The molecule has 1 amide bonds. The topological polar surface area (TPSA) is 58.6 Å². The number of halogens is 1. The quantitative estimate of drug-likeness (QED) is 0.815. The Bertz CT molecular complexity index is 642. The number of carbonyl (C=O) groups excluding carboxylic acids is 1. The van der Waals surface area contributed by atoms with E-state index in [0.717, 1.165) is 5.56 Å². The maximum absolute atomic E-state index is 12.9. The van der Waals surface area contributed by atoms with E-state index in [0.29, 0.717) is 23.5 Å². The van der Waals surface area contributed by atoms with E-state index in [1.165, 1.54) is 23.5 Å². The van der Waals surface area contributed by atoms with Crippen LogP contribution in [0.2, 0.25) is 0 Å². The molecule has 6 heteroatoms. The van der Waals surface area contributed by atoms with Gasteiger partial charge in [-0.2, -0.15) is 0 Å². The highest BCUT2D eigenvalue weighted by Crippen LogP contribution is 2.21. The fourth-order valence-corrected chi connectivity index (χ4v) is 3.12. The molecular weight excluding hydrogens is 317 g/mol. The van der Waals surface area contributed by atoms with Crippen LogP contribution >= 0.6 is 11.3 Å². The molecule has 0 aliphatic heterocycles. The van der Waals surface area contributed by atoms with E-state index in [4.69, 9.17) is 4.74 Å². The Labute approximate surface area is 138 Å². The van der Waals surface area contributed by atoms with Crippen molar-refractivity contribution in [3.63, 3.8) is 0 Å². The Hall–Kier alpha value is -1.76. The molecule has 0 aliphatic rings. The van der Waals surface area contributed by atoms with Crippen LogP contribution in [0.25, 0.3) is 0 Å². The van der Waals surface area contributed by atoms with Crippen molar-refractivity contribution < 1.29 is 19.0 Å². The fourth-order valence-electron chi connectivity index (χ4n) is 2.31. The Kier molecular flexibility index (Phi) is 6.27. The summed E-state index contributed by atoms with van der Waals surface area (Å²) in [6.45, 7) is 2.22. The summed E-state index contributed by atoms with van der Waals surface area (Å²) in [6.07, 6.45) is -0.407. The van der Waals surface area contributed by atoms with Crippen molar-refractivity contribution in [1.29, 1.82) is 0 Å². The predicted octanol–water partition coefficient (Wildman–Crippen LogP) is 3.28. The summed E-state index contributed by atoms with van der Waals surface area (Å²) in [7, 11) is 1.58. The van der Waals surface area contributed by atoms with Crippen molar-refractivity contribution in [1.82, 2.24) is 5.32 Å². The summed E-state index contributed by atoms with van der Waals surface area (Å²) in [5, 5.41) is 14.9. The first-order chi connectivity index (χ1) is 11.0. The molecule has 0 aliphatic carbocycles. The van der Waals surface area contributed by atoms with Crippen LogP contribution in [0.15, 0.2) is 35.7 Å². The zero-order chi connectivity index (χ0) is 16.8. The lowest BCUT2D eigenvalue weighted by Gasteiger charge is -2.18. The summed E-state index contributed by atoms with van der Waals surface area (Å²) in [4.78, 5) is 12.9. The molecule has 1 heterocycles. The normalized spacial score (nSPS) is 13.6. The van der Waals surface area contributed by atoms with Crippen molar-refractivity contribution in [3.8, 4) is 0 Å². The Morgan fingerprint density at radius 2 is 2.04 bits per heavy atom. The lowest BCUT2D eigenvalue weighted by atomic mass is 10.0. The Morgan fingerprint density at radius 1 is 1.35 bits per heavy atom. The lowest BCUT2D eigenvalue weighted by molar-refractivity contribution is 0.0916. The van der Waals surface area contributed by atoms with Gasteiger partial charge in [0.25, 0.3) is 5.91 Å². The number of nitrogens with one attached hydrogen (secondary N) is 1. The zero-order valence-corrected chi connectivity index (χ0v) is 13.9. The van der Waals surface area contributed by atoms with Gasteiger partial charge in [-0.05, 0) is 42.5 Å². The minimum Gasteiger partial charge on any atom is -0.388 e. The van der Waals surface area contributed by atoms with E-state index in [-0.39, 0.29) is 17.8 Å². The molecule has 0 radical (unpaired) electrons. The number of aliphatic hydroxyl groups is 1. The second-order valence-corrected chi connectivity index (χ2v) is 6.30. The van der Waals surface area contributed by atoms with Gasteiger partial charge in [-0.15, -0.1) is 11.3 Å². The third-order valence-corrected chi connectivity index (χ3v) is 4.42. The van der Waals surface area contributed by atoms with Gasteiger partial charge in [-0.3, -0.25) is 4.79 Å². The highest BCUT2D eigenvalue weighted by Gasteiger charge is 2.18. The standard InChI is InChI=1S/C17H20FNO3S/c1-11(9-15(20)12-3-5-14(18)6-4-12)19-17(21)16-13(10-22-2)7-8-23-16/h3-8,11,15,20H,9-10H2,1-2H3,(H,19,21). The van der Waals surface area contributed by atoms with Crippen LogP contribution in [0.3, 0.4) is 0 Å². The SMILES string of the molecule is COCc1ccsc1C(=O)NC(C)CC(O)c1ccc(F)cc1. The minimum absolute atomic E-state index is 0.175. The molecule has 2 aromatic rings. The molecule has 1 aromatic carbocycles. The van der Waals surface area contributed by atoms with Crippen molar-refractivity contribution in [2.24, 2.45) is 0 Å². The van der Waals surface area contributed by atoms with Crippen LogP contribution < -0.4 is 5.32 Å². The predicted molar refractivity (Wildman–Crippen MR) is 87.9 cm³/mol. The fraction of sp³-hybridized carbons (Fsp3) is 0.353. The largest absolute Gasteiger partial charge is 0.388 e. The maximum atomic E-state index is 12.9.